The summed E-state index contributed by atoms with van der Waals surface area (Å²) in [4.78, 5) is 58.7. The number of rotatable bonds is 2. The van der Waals surface area contributed by atoms with E-state index >= 15 is 0 Å². The van der Waals surface area contributed by atoms with Crippen molar-refractivity contribution in [2.45, 2.75) is 0 Å². The summed E-state index contributed by atoms with van der Waals surface area (Å²) in [7, 11) is 0. The van der Waals surface area contributed by atoms with Gasteiger partial charge in [-0.25, -0.2) is 9.80 Å². The molecule has 4 aromatic carbocycles. The van der Waals surface area contributed by atoms with Crippen LogP contribution in [0.2, 0.25) is 0 Å². The minimum Gasteiger partial charge on any atom is -0.274 e. The molecule has 4 aliphatic carbocycles. The quantitative estimate of drug-likeness (QED) is 0.274. The van der Waals surface area contributed by atoms with Gasteiger partial charge < -0.3 is 0 Å². The van der Waals surface area contributed by atoms with Gasteiger partial charge in [0.05, 0.1) is 35.0 Å². The first-order valence-electron chi connectivity index (χ1n) is 14.0. The molecule has 6 heteroatoms. The molecule has 0 spiro atoms. The summed E-state index contributed by atoms with van der Waals surface area (Å²) in [6, 6.07) is 26.9. The van der Waals surface area contributed by atoms with Gasteiger partial charge in [-0.2, -0.15) is 0 Å². The number of fused-ring (bicyclic) bond motifs is 3. The summed E-state index contributed by atoms with van der Waals surface area (Å²) in [5.41, 5.74) is 1.23. The van der Waals surface area contributed by atoms with Crippen molar-refractivity contribution in [1.29, 1.82) is 0 Å². The maximum atomic E-state index is 14.0. The molecule has 0 radical (unpaired) electrons. The zero-order chi connectivity index (χ0) is 26.9. The van der Waals surface area contributed by atoms with E-state index in [0.717, 1.165) is 21.5 Å². The highest BCUT2D eigenvalue weighted by Crippen LogP contribution is 2.68. The Hall–Kier alpha value is -4.58. The maximum absolute atomic E-state index is 14.0. The molecule has 2 heterocycles. The summed E-state index contributed by atoms with van der Waals surface area (Å²) in [6.07, 6.45) is 4.11. The predicted octanol–water partition coefficient (Wildman–Crippen LogP) is 4.97. The topological polar surface area (TPSA) is 74.8 Å². The summed E-state index contributed by atoms with van der Waals surface area (Å²) < 4.78 is 0. The van der Waals surface area contributed by atoms with Gasteiger partial charge in [0, 0.05) is 10.8 Å². The second kappa shape index (κ2) is 7.54. The van der Waals surface area contributed by atoms with Crippen molar-refractivity contribution < 1.29 is 19.2 Å². The molecule has 194 valence electrons. The number of hydrogen-bond donors (Lipinski definition) is 0. The largest absolute Gasteiger partial charge is 0.274 e. The minimum absolute atomic E-state index is 0.109. The van der Waals surface area contributed by atoms with Crippen molar-refractivity contribution in [3.8, 4) is 0 Å². The number of benzene rings is 4. The van der Waals surface area contributed by atoms with Crippen LogP contribution in [-0.4, -0.2) is 23.6 Å². The zero-order valence-electron chi connectivity index (χ0n) is 21.4. The molecule has 4 fully saturated rings. The Morgan fingerprint density at radius 1 is 0.425 bits per heavy atom. The standard InChI is InChI=1S/C34H24N2O4/c37-31-27-21-15-16-22(28(27)32(38)35(31)23-13-5-9-17-7-1-3-11-19(17)23)26-25(21)29-30(26)34(40)36(33(29)39)24-14-6-10-18-8-2-4-12-20(18)24/h1-16,21-22,25-30H/t21-,22-,25-,26-,27-,28+,29+,30+/m0/s1. The highest BCUT2D eigenvalue weighted by molar-refractivity contribution is 6.27. The molecule has 0 N–H and O–H groups in total. The van der Waals surface area contributed by atoms with E-state index < -0.39 is 23.7 Å². The molecule has 4 aromatic rings. The van der Waals surface area contributed by atoms with E-state index in [1.807, 2.05) is 84.9 Å². The second-order valence-electron chi connectivity index (χ2n) is 11.8. The molecular weight excluding hydrogens is 500 g/mol. The second-order valence-corrected chi connectivity index (χ2v) is 11.8. The van der Waals surface area contributed by atoms with E-state index in [-0.39, 0.29) is 47.3 Å². The lowest BCUT2D eigenvalue weighted by molar-refractivity contribution is -0.166. The number of hydrogen-bond acceptors (Lipinski definition) is 4. The average Bonchev–Trinajstić information content (AvgIpc) is 3.36. The summed E-state index contributed by atoms with van der Waals surface area (Å²) in [6.45, 7) is 0. The molecule has 2 saturated carbocycles. The van der Waals surface area contributed by atoms with Gasteiger partial charge in [-0.05, 0) is 46.6 Å². The lowest BCUT2D eigenvalue weighted by Crippen LogP contribution is -2.63. The third-order valence-corrected chi connectivity index (χ3v) is 10.4. The van der Waals surface area contributed by atoms with Gasteiger partial charge in [0.2, 0.25) is 23.6 Å². The van der Waals surface area contributed by atoms with Gasteiger partial charge in [0.25, 0.3) is 0 Å². The summed E-state index contributed by atoms with van der Waals surface area (Å²) >= 11 is 0. The average molecular weight is 525 g/mol. The van der Waals surface area contributed by atoms with Crippen LogP contribution in [0.15, 0.2) is 97.1 Å². The minimum atomic E-state index is -0.502. The molecule has 2 bridgehead atoms. The Kier molecular flexibility index (Phi) is 4.19. The highest BCUT2D eigenvalue weighted by Gasteiger charge is 2.75. The van der Waals surface area contributed by atoms with Crippen molar-refractivity contribution in [3.63, 3.8) is 0 Å². The first kappa shape index (κ1) is 22.3. The van der Waals surface area contributed by atoms with Gasteiger partial charge in [0.15, 0.2) is 0 Å². The van der Waals surface area contributed by atoms with Crippen LogP contribution in [0.4, 0.5) is 11.4 Å². The molecule has 0 unspecified atom stereocenters. The van der Waals surface area contributed by atoms with E-state index in [4.69, 9.17) is 0 Å². The Morgan fingerprint density at radius 3 is 1.25 bits per heavy atom. The lowest BCUT2D eigenvalue weighted by Gasteiger charge is -2.60. The van der Waals surface area contributed by atoms with Crippen molar-refractivity contribution in [2.75, 3.05) is 9.80 Å². The molecule has 4 amide bonds. The predicted molar refractivity (Wildman–Crippen MR) is 150 cm³/mol. The maximum Gasteiger partial charge on any atom is 0.238 e. The lowest BCUT2D eigenvalue weighted by atomic mass is 9.40. The molecule has 40 heavy (non-hydrogen) atoms. The number of carbonyl (C=O) groups is 4. The van der Waals surface area contributed by atoms with E-state index in [2.05, 4.69) is 12.2 Å². The molecule has 6 aliphatic rings. The fraction of sp³-hybridized carbons (Fsp3) is 0.235. The van der Waals surface area contributed by atoms with Crippen LogP contribution in [-0.2, 0) is 19.2 Å². The Morgan fingerprint density at radius 2 is 0.800 bits per heavy atom. The Labute approximate surface area is 229 Å². The van der Waals surface area contributed by atoms with Crippen molar-refractivity contribution in [3.05, 3.63) is 97.1 Å². The molecule has 0 aromatic heterocycles. The molecule has 2 aliphatic heterocycles. The van der Waals surface area contributed by atoms with Gasteiger partial charge in [-0.1, -0.05) is 84.9 Å². The van der Waals surface area contributed by atoms with Gasteiger partial charge in [0.1, 0.15) is 0 Å². The Balaban J connectivity index is 1.11. The molecular formula is C34H24N2O4. The summed E-state index contributed by atoms with van der Waals surface area (Å²) in [5, 5.41) is 3.67. The SMILES string of the molecule is O=C1[C@@H]2[C@H]3C=C[C@H]([C@@H]2C(=O)N1c1cccc2ccccc12)[C@@H]1[C@H]2C(=O)N(c4cccc5ccccc45)C(=O)[C@@H]2[C@@H]31. The number of imide groups is 2. The smallest absolute Gasteiger partial charge is 0.238 e. The van der Waals surface area contributed by atoms with Crippen LogP contribution < -0.4 is 9.80 Å². The molecule has 6 nitrogen and oxygen atoms in total. The molecule has 8 atom stereocenters. The summed E-state index contributed by atoms with van der Waals surface area (Å²) in [5.74, 6) is -3.32. The van der Waals surface area contributed by atoms with Crippen LogP contribution in [0, 0.1) is 47.3 Å². The monoisotopic (exact) mass is 524 g/mol. The first-order chi connectivity index (χ1) is 19.6. The zero-order valence-corrected chi connectivity index (χ0v) is 21.4. The van der Waals surface area contributed by atoms with Gasteiger partial charge in [-0.3, -0.25) is 19.2 Å². The molecule has 10 rings (SSSR count). The van der Waals surface area contributed by atoms with Crippen molar-refractivity contribution >= 4 is 56.5 Å². The third kappa shape index (κ3) is 2.50. The highest BCUT2D eigenvalue weighted by atomic mass is 16.2. The number of anilines is 2. The van der Waals surface area contributed by atoms with E-state index in [1.54, 1.807) is 0 Å². The fourth-order valence-corrected chi connectivity index (χ4v) is 8.88. The number of allylic oxidation sites excluding steroid dienone is 2. The van der Waals surface area contributed by atoms with Gasteiger partial charge >= 0.3 is 0 Å². The third-order valence-electron chi connectivity index (χ3n) is 10.4. The Bertz CT molecular complexity index is 1810. The number of nitrogens with zero attached hydrogens (tertiary/aromatic N) is 2. The van der Waals surface area contributed by atoms with Crippen molar-refractivity contribution in [1.82, 2.24) is 0 Å². The van der Waals surface area contributed by atoms with E-state index in [0.29, 0.717) is 11.4 Å². The number of amides is 4. The van der Waals surface area contributed by atoms with Crippen LogP contribution >= 0.6 is 0 Å². The normalized spacial score (nSPS) is 33.5. The van der Waals surface area contributed by atoms with E-state index in [9.17, 15) is 19.2 Å². The van der Waals surface area contributed by atoms with Crippen LogP contribution in [0.3, 0.4) is 0 Å². The van der Waals surface area contributed by atoms with Crippen LogP contribution in [0.1, 0.15) is 0 Å². The van der Waals surface area contributed by atoms with Crippen LogP contribution in [0.5, 0.6) is 0 Å². The van der Waals surface area contributed by atoms with Crippen LogP contribution in [0.25, 0.3) is 21.5 Å². The van der Waals surface area contributed by atoms with E-state index in [1.165, 1.54) is 9.80 Å². The fourth-order valence-electron chi connectivity index (χ4n) is 8.88. The molecule has 2 saturated heterocycles. The van der Waals surface area contributed by atoms with Crippen molar-refractivity contribution in [2.24, 2.45) is 47.3 Å². The number of carbonyl (C=O) groups excluding carboxylic acids is 4. The van der Waals surface area contributed by atoms with Gasteiger partial charge in [-0.15, -0.1) is 0 Å². The first-order valence-corrected chi connectivity index (χ1v) is 14.0.